The molecule has 1 aromatic carbocycles. The van der Waals surface area contributed by atoms with E-state index in [2.05, 4.69) is 17.1 Å². The van der Waals surface area contributed by atoms with E-state index in [1.807, 2.05) is 50.3 Å². The topological polar surface area (TPSA) is 83.2 Å². The number of hydrogen-bond donors (Lipinski definition) is 1. The summed E-state index contributed by atoms with van der Waals surface area (Å²) in [6, 6.07) is 13.5. The van der Waals surface area contributed by atoms with E-state index in [4.69, 9.17) is 4.74 Å². The molecule has 1 aliphatic heterocycles. The Kier molecular flexibility index (Phi) is 5.21. The van der Waals surface area contributed by atoms with Crippen molar-refractivity contribution in [3.05, 3.63) is 59.9 Å². The fraction of sp³-hybridized carbons (Fsp3) is 0.375. The number of carbonyl (C=O) groups is 1. The standard InChI is InChI=1S/C24H24N2O3/c1-14-19(23-15(2)29-24(28)21(23)11-22(14)27)10-9-18-8-7-17(13-26-18)20-6-4-3-5-16(20)12-25/h3-10,13-15,19,21-23,27H,11H2,1-2H3/t14-,15+,19-,21+,22+,23-/m0/s1. The lowest BCUT2D eigenvalue weighted by atomic mass is 9.65. The molecule has 0 spiro atoms. The number of hydrogen-bond acceptors (Lipinski definition) is 5. The third-order valence-corrected chi connectivity index (χ3v) is 6.40. The molecule has 6 atom stereocenters. The zero-order chi connectivity index (χ0) is 20.5. The van der Waals surface area contributed by atoms with Gasteiger partial charge in [-0.1, -0.05) is 37.3 Å². The fourth-order valence-corrected chi connectivity index (χ4v) is 4.76. The molecule has 1 saturated heterocycles. The van der Waals surface area contributed by atoms with Gasteiger partial charge in [0.05, 0.1) is 29.3 Å². The molecule has 2 heterocycles. The molecule has 1 aliphatic carbocycles. The van der Waals surface area contributed by atoms with Crippen molar-refractivity contribution in [2.75, 3.05) is 0 Å². The molecular weight excluding hydrogens is 364 g/mol. The first-order valence-corrected chi connectivity index (χ1v) is 10.0. The van der Waals surface area contributed by atoms with E-state index >= 15 is 0 Å². The highest BCUT2D eigenvalue weighted by Crippen LogP contribution is 2.46. The summed E-state index contributed by atoms with van der Waals surface area (Å²) in [7, 11) is 0. The van der Waals surface area contributed by atoms with Crippen molar-refractivity contribution in [3.8, 4) is 17.2 Å². The lowest BCUT2D eigenvalue weighted by molar-refractivity contribution is -0.144. The molecule has 1 N–H and O–H groups in total. The quantitative estimate of drug-likeness (QED) is 0.808. The number of aromatic nitrogens is 1. The molecule has 148 valence electrons. The lowest BCUT2D eigenvalue weighted by Crippen LogP contribution is -2.42. The molecule has 4 rings (SSSR count). The van der Waals surface area contributed by atoms with Crippen LogP contribution in [0.3, 0.4) is 0 Å². The number of carbonyl (C=O) groups excluding carboxylic acids is 1. The average molecular weight is 388 g/mol. The predicted molar refractivity (Wildman–Crippen MR) is 109 cm³/mol. The Morgan fingerprint density at radius 2 is 2.03 bits per heavy atom. The minimum atomic E-state index is -0.512. The maximum absolute atomic E-state index is 12.1. The molecule has 0 unspecified atom stereocenters. The summed E-state index contributed by atoms with van der Waals surface area (Å²) >= 11 is 0. The van der Waals surface area contributed by atoms with Gasteiger partial charge in [-0.05, 0) is 43.4 Å². The molecule has 1 aromatic heterocycles. The molecule has 0 bridgehead atoms. The van der Waals surface area contributed by atoms with Crippen LogP contribution in [0.5, 0.6) is 0 Å². The van der Waals surface area contributed by atoms with Gasteiger partial charge in [-0.2, -0.15) is 5.26 Å². The number of fused-ring (bicyclic) bond motifs is 1. The highest BCUT2D eigenvalue weighted by Gasteiger charge is 2.52. The molecule has 0 amide bonds. The molecule has 2 fully saturated rings. The van der Waals surface area contributed by atoms with E-state index in [9.17, 15) is 15.2 Å². The first-order valence-electron chi connectivity index (χ1n) is 10.0. The second kappa shape index (κ2) is 7.81. The first kappa shape index (κ1) is 19.4. The van der Waals surface area contributed by atoms with Crippen LogP contribution in [0.4, 0.5) is 0 Å². The van der Waals surface area contributed by atoms with Crippen LogP contribution >= 0.6 is 0 Å². The van der Waals surface area contributed by atoms with Gasteiger partial charge in [0.1, 0.15) is 6.10 Å². The van der Waals surface area contributed by atoms with Crippen LogP contribution in [-0.4, -0.2) is 28.3 Å². The van der Waals surface area contributed by atoms with Gasteiger partial charge >= 0.3 is 5.97 Å². The van der Waals surface area contributed by atoms with Gasteiger partial charge in [0.2, 0.25) is 0 Å². The first-order chi connectivity index (χ1) is 14.0. The number of nitrogens with zero attached hydrogens (tertiary/aromatic N) is 2. The van der Waals surface area contributed by atoms with Crippen molar-refractivity contribution in [1.29, 1.82) is 5.26 Å². The van der Waals surface area contributed by atoms with Gasteiger partial charge in [0, 0.05) is 23.2 Å². The molecule has 2 aromatic rings. The summed E-state index contributed by atoms with van der Waals surface area (Å²) in [4.78, 5) is 16.6. The molecule has 0 radical (unpaired) electrons. The van der Waals surface area contributed by atoms with E-state index in [1.54, 1.807) is 12.3 Å². The summed E-state index contributed by atoms with van der Waals surface area (Å²) in [5.41, 5.74) is 3.17. The molecule has 2 aliphatic rings. The maximum atomic E-state index is 12.1. The molecule has 5 heteroatoms. The highest BCUT2D eigenvalue weighted by molar-refractivity contribution is 5.76. The second-order valence-corrected chi connectivity index (χ2v) is 8.05. The summed E-state index contributed by atoms with van der Waals surface area (Å²) in [6.45, 7) is 3.97. The Balaban J connectivity index is 1.57. The minimum Gasteiger partial charge on any atom is -0.462 e. The largest absolute Gasteiger partial charge is 0.462 e. The van der Waals surface area contributed by atoms with Gasteiger partial charge in [-0.3, -0.25) is 9.78 Å². The van der Waals surface area contributed by atoms with Crippen LogP contribution in [0, 0.1) is 35.0 Å². The zero-order valence-corrected chi connectivity index (χ0v) is 16.5. The van der Waals surface area contributed by atoms with Gasteiger partial charge in [-0.25, -0.2) is 0 Å². The van der Waals surface area contributed by atoms with E-state index in [-0.39, 0.29) is 35.7 Å². The number of ether oxygens (including phenoxy) is 1. The third-order valence-electron chi connectivity index (χ3n) is 6.40. The number of aliphatic hydroxyl groups excluding tert-OH is 1. The Bertz CT molecular complexity index is 976. The van der Waals surface area contributed by atoms with Crippen LogP contribution in [0.25, 0.3) is 17.2 Å². The van der Waals surface area contributed by atoms with Crippen molar-refractivity contribution in [3.63, 3.8) is 0 Å². The van der Waals surface area contributed by atoms with Gasteiger partial charge < -0.3 is 9.84 Å². The Labute approximate surface area is 170 Å². The minimum absolute atomic E-state index is 0.0472. The Morgan fingerprint density at radius 3 is 2.76 bits per heavy atom. The Morgan fingerprint density at radius 1 is 1.24 bits per heavy atom. The van der Waals surface area contributed by atoms with Crippen LogP contribution in [0.15, 0.2) is 48.7 Å². The van der Waals surface area contributed by atoms with Crippen LogP contribution < -0.4 is 0 Å². The van der Waals surface area contributed by atoms with Crippen molar-refractivity contribution < 1.29 is 14.6 Å². The number of benzene rings is 1. The van der Waals surface area contributed by atoms with Crippen molar-refractivity contribution >= 4 is 12.0 Å². The van der Waals surface area contributed by atoms with Gasteiger partial charge in [-0.15, -0.1) is 0 Å². The number of rotatable bonds is 3. The smallest absolute Gasteiger partial charge is 0.309 e. The SMILES string of the molecule is C[C@H]1[C@H](C=Cc2ccc(-c3ccccc3C#N)cn2)[C@@H]2[C@@H](C)OC(=O)[C@@H]2C[C@H]1O. The van der Waals surface area contributed by atoms with Gasteiger partial charge in [0.25, 0.3) is 0 Å². The van der Waals surface area contributed by atoms with E-state index in [0.717, 1.165) is 16.8 Å². The Hall–Kier alpha value is -2.97. The number of cyclic esters (lactones) is 1. The number of pyridine rings is 1. The number of nitriles is 1. The van der Waals surface area contributed by atoms with E-state index in [1.165, 1.54) is 0 Å². The third kappa shape index (κ3) is 3.56. The van der Waals surface area contributed by atoms with Crippen molar-refractivity contribution in [1.82, 2.24) is 4.98 Å². The number of esters is 1. The normalized spacial score (nSPS) is 31.3. The van der Waals surface area contributed by atoms with Crippen molar-refractivity contribution in [2.24, 2.45) is 23.7 Å². The monoisotopic (exact) mass is 388 g/mol. The number of allylic oxidation sites excluding steroid dienone is 1. The van der Waals surface area contributed by atoms with Crippen molar-refractivity contribution in [2.45, 2.75) is 32.5 Å². The highest BCUT2D eigenvalue weighted by atomic mass is 16.6. The summed E-state index contributed by atoms with van der Waals surface area (Å²) < 4.78 is 5.45. The van der Waals surface area contributed by atoms with Gasteiger partial charge in [0.15, 0.2) is 0 Å². The number of aliphatic hydroxyl groups is 1. The summed E-state index contributed by atoms with van der Waals surface area (Å²) in [5.74, 6) is -0.245. The molecule has 29 heavy (non-hydrogen) atoms. The predicted octanol–water partition coefficient (Wildman–Crippen LogP) is 3.83. The lowest BCUT2D eigenvalue weighted by Gasteiger charge is -2.39. The average Bonchev–Trinajstić information content (AvgIpc) is 3.01. The van der Waals surface area contributed by atoms with E-state index in [0.29, 0.717) is 12.0 Å². The maximum Gasteiger partial charge on any atom is 0.309 e. The molecule has 5 nitrogen and oxygen atoms in total. The second-order valence-electron chi connectivity index (χ2n) is 8.05. The summed E-state index contributed by atoms with van der Waals surface area (Å²) in [6.07, 6.45) is 5.60. The van der Waals surface area contributed by atoms with Crippen LogP contribution in [-0.2, 0) is 9.53 Å². The van der Waals surface area contributed by atoms with Crippen LogP contribution in [0.1, 0.15) is 31.5 Å². The molecular formula is C24H24N2O3. The van der Waals surface area contributed by atoms with Crippen LogP contribution in [0.2, 0.25) is 0 Å². The zero-order valence-electron chi connectivity index (χ0n) is 16.5. The fourth-order valence-electron chi connectivity index (χ4n) is 4.76. The molecule has 1 saturated carbocycles. The summed E-state index contributed by atoms with van der Waals surface area (Å²) in [5, 5.41) is 19.7. The van der Waals surface area contributed by atoms with E-state index < -0.39 is 6.10 Å².